The number of alkyl halides is 1. The number of hydrogen-bond acceptors (Lipinski definition) is 5. The number of halogens is 2. The van der Waals surface area contributed by atoms with Crippen LogP contribution in [0.25, 0.3) is 0 Å². The van der Waals surface area contributed by atoms with Crippen LogP contribution in [0.15, 0.2) is 18.2 Å². The minimum atomic E-state index is -2.05. The van der Waals surface area contributed by atoms with Gasteiger partial charge in [-0.25, -0.2) is 9.18 Å². The minimum Gasteiger partial charge on any atom is -0.458 e. The van der Waals surface area contributed by atoms with E-state index in [1.807, 2.05) is 0 Å². The zero-order chi connectivity index (χ0) is 19.4. The van der Waals surface area contributed by atoms with E-state index in [4.69, 9.17) is 16.3 Å². The Hall–Kier alpha value is -1.70. The molecule has 0 saturated heterocycles. The molecule has 8 heteroatoms. The van der Waals surface area contributed by atoms with Gasteiger partial charge in [-0.05, 0) is 51.5 Å². The number of rotatable bonds is 6. The van der Waals surface area contributed by atoms with Crippen LogP contribution in [0.4, 0.5) is 10.1 Å². The molecule has 0 aromatic heterocycles. The van der Waals surface area contributed by atoms with E-state index in [2.05, 4.69) is 0 Å². The Kier molecular flexibility index (Phi) is 7.34. The van der Waals surface area contributed by atoms with Gasteiger partial charge in [-0.2, -0.15) is 0 Å². The Labute approximate surface area is 151 Å². The van der Waals surface area contributed by atoms with Crippen LogP contribution in [-0.4, -0.2) is 52.3 Å². The Morgan fingerprint density at radius 1 is 1.28 bits per heavy atom. The molecule has 0 radical (unpaired) electrons. The second-order valence-electron chi connectivity index (χ2n) is 6.53. The summed E-state index contributed by atoms with van der Waals surface area (Å²) in [6.45, 7) is 6.36. The normalized spacial score (nSPS) is 13.9. The standard InChI is InChI=1S/C17H23ClFNO5/c1-10-9-11(19)5-6-12(10)20(8-7-18)15(23)13(21)14(22)16(24)25-17(2,3)4/h5-6,9,13-14,21-22H,7-8H2,1-4H3/t13-,14-/m1/s1. The lowest BCUT2D eigenvalue weighted by Gasteiger charge is -2.28. The summed E-state index contributed by atoms with van der Waals surface area (Å²) in [5, 5.41) is 20.0. The number of benzene rings is 1. The lowest BCUT2D eigenvalue weighted by atomic mass is 10.1. The van der Waals surface area contributed by atoms with E-state index in [9.17, 15) is 24.2 Å². The van der Waals surface area contributed by atoms with Crippen LogP contribution in [0.5, 0.6) is 0 Å². The molecule has 0 aliphatic carbocycles. The molecule has 0 saturated carbocycles. The predicted molar refractivity (Wildman–Crippen MR) is 92.1 cm³/mol. The Bertz CT molecular complexity index is 632. The van der Waals surface area contributed by atoms with Crippen LogP contribution in [0.1, 0.15) is 26.3 Å². The van der Waals surface area contributed by atoms with Gasteiger partial charge < -0.3 is 19.8 Å². The maximum Gasteiger partial charge on any atom is 0.338 e. The predicted octanol–water partition coefficient (Wildman–Crippen LogP) is 1.77. The second-order valence-corrected chi connectivity index (χ2v) is 6.91. The van der Waals surface area contributed by atoms with Crippen molar-refractivity contribution in [1.29, 1.82) is 0 Å². The molecule has 6 nitrogen and oxygen atoms in total. The van der Waals surface area contributed by atoms with Gasteiger partial charge >= 0.3 is 5.97 Å². The average molecular weight is 376 g/mol. The maximum absolute atomic E-state index is 13.3. The number of hydrogen-bond donors (Lipinski definition) is 2. The SMILES string of the molecule is Cc1cc(F)ccc1N(CCCl)C(=O)[C@H](O)[C@@H](O)C(=O)OC(C)(C)C. The number of aliphatic hydroxyl groups is 2. The lowest BCUT2D eigenvalue weighted by Crippen LogP contribution is -2.50. The number of amides is 1. The Morgan fingerprint density at radius 2 is 1.88 bits per heavy atom. The Morgan fingerprint density at radius 3 is 2.36 bits per heavy atom. The van der Waals surface area contributed by atoms with E-state index < -0.39 is 35.5 Å². The molecule has 25 heavy (non-hydrogen) atoms. The first-order chi connectivity index (χ1) is 11.5. The highest BCUT2D eigenvalue weighted by Gasteiger charge is 2.36. The fourth-order valence-electron chi connectivity index (χ4n) is 2.14. The van der Waals surface area contributed by atoms with Crippen molar-refractivity contribution >= 4 is 29.2 Å². The maximum atomic E-state index is 13.3. The molecule has 0 heterocycles. The van der Waals surface area contributed by atoms with Crippen LogP contribution < -0.4 is 4.90 Å². The topological polar surface area (TPSA) is 87.1 Å². The van der Waals surface area contributed by atoms with Crippen LogP contribution in [0.3, 0.4) is 0 Å². The number of aryl methyl sites for hydroxylation is 1. The summed E-state index contributed by atoms with van der Waals surface area (Å²) < 4.78 is 18.2. The molecule has 2 N–H and O–H groups in total. The Balaban J connectivity index is 3.03. The molecule has 1 aromatic carbocycles. The van der Waals surface area contributed by atoms with Crippen molar-refractivity contribution in [3.63, 3.8) is 0 Å². The summed E-state index contributed by atoms with van der Waals surface area (Å²) >= 11 is 5.70. The quantitative estimate of drug-likeness (QED) is 0.584. The van der Waals surface area contributed by atoms with Gasteiger partial charge in [-0.1, -0.05) is 0 Å². The molecule has 1 aromatic rings. The molecule has 0 aliphatic rings. The van der Waals surface area contributed by atoms with Crippen molar-refractivity contribution in [1.82, 2.24) is 0 Å². The molecule has 0 fully saturated rings. The van der Waals surface area contributed by atoms with Gasteiger partial charge in [0.05, 0.1) is 0 Å². The van der Waals surface area contributed by atoms with Crippen molar-refractivity contribution in [3.05, 3.63) is 29.6 Å². The number of ether oxygens (including phenoxy) is 1. The fourth-order valence-corrected chi connectivity index (χ4v) is 2.31. The molecular weight excluding hydrogens is 353 g/mol. The van der Waals surface area contributed by atoms with Crippen LogP contribution in [0, 0.1) is 12.7 Å². The summed E-state index contributed by atoms with van der Waals surface area (Å²) in [7, 11) is 0. The molecular formula is C17H23ClFNO5. The zero-order valence-corrected chi connectivity index (χ0v) is 15.4. The number of anilines is 1. The van der Waals surface area contributed by atoms with E-state index in [0.29, 0.717) is 11.3 Å². The summed E-state index contributed by atoms with van der Waals surface area (Å²) in [6.07, 6.45) is -4.09. The van der Waals surface area contributed by atoms with E-state index >= 15 is 0 Å². The molecule has 0 spiro atoms. The third-order valence-corrected chi connectivity index (χ3v) is 3.39. The van der Waals surface area contributed by atoms with Gasteiger partial charge in [-0.15, -0.1) is 11.6 Å². The number of nitrogens with zero attached hydrogens (tertiary/aromatic N) is 1. The van der Waals surface area contributed by atoms with Crippen molar-refractivity contribution in [3.8, 4) is 0 Å². The highest BCUT2D eigenvalue weighted by Crippen LogP contribution is 2.22. The van der Waals surface area contributed by atoms with Gasteiger partial charge in [0.25, 0.3) is 5.91 Å². The number of esters is 1. The van der Waals surface area contributed by atoms with Gasteiger partial charge in [0.2, 0.25) is 0 Å². The largest absolute Gasteiger partial charge is 0.458 e. The van der Waals surface area contributed by atoms with Crippen molar-refractivity contribution < 1.29 is 28.9 Å². The molecule has 1 amide bonds. The van der Waals surface area contributed by atoms with E-state index in [1.165, 1.54) is 12.1 Å². The summed E-state index contributed by atoms with van der Waals surface area (Å²) in [6, 6.07) is 3.75. The fraction of sp³-hybridized carbons (Fsp3) is 0.529. The first kappa shape index (κ1) is 21.3. The smallest absolute Gasteiger partial charge is 0.338 e. The molecule has 0 unspecified atom stereocenters. The lowest BCUT2D eigenvalue weighted by molar-refractivity contribution is -0.173. The highest BCUT2D eigenvalue weighted by atomic mass is 35.5. The monoisotopic (exact) mass is 375 g/mol. The first-order valence-electron chi connectivity index (χ1n) is 7.70. The van der Waals surface area contributed by atoms with Crippen LogP contribution >= 0.6 is 11.6 Å². The van der Waals surface area contributed by atoms with Crippen molar-refractivity contribution in [2.45, 2.75) is 45.5 Å². The summed E-state index contributed by atoms with van der Waals surface area (Å²) in [4.78, 5) is 25.5. The van der Waals surface area contributed by atoms with E-state index in [-0.39, 0.29) is 12.4 Å². The van der Waals surface area contributed by atoms with Crippen LogP contribution in [-0.2, 0) is 14.3 Å². The van der Waals surface area contributed by atoms with E-state index in [1.54, 1.807) is 27.7 Å². The molecule has 0 aliphatic heterocycles. The third kappa shape index (κ3) is 5.95. The van der Waals surface area contributed by atoms with Gasteiger partial charge in [0.15, 0.2) is 12.2 Å². The number of carbonyl (C=O) groups is 2. The zero-order valence-electron chi connectivity index (χ0n) is 14.6. The molecule has 140 valence electrons. The number of carbonyl (C=O) groups excluding carboxylic acids is 2. The third-order valence-electron chi connectivity index (χ3n) is 3.22. The average Bonchev–Trinajstić information content (AvgIpc) is 2.49. The van der Waals surface area contributed by atoms with Crippen LogP contribution in [0.2, 0.25) is 0 Å². The van der Waals surface area contributed by atoms with E-state index in [0.717, 1.165) is 11.0 Å². The molecule has 2 atom stereocenters. The van der Waals surface area contributed by atoms with Gasteiger partial charge in [0.1, 0.15) is 11.4 Å². The van der Waals surface area contributed by atoms with Crippen molar-refractivity contribution in [2.24, 2.45) is 0 Å². The summed E-state index contributed by atoms with van der Waals surface area (Å²) in [5.74, 6) is -2.49. The summed E-state index contributed by atoms with van der Waals surface area (Å²) in [5.41, 5.74) is -0.121. The first-order valence-corrected chi connectivity index (χ1v) is 8.24. The minimum absolute atomic E-state index is 0.00492. The highest BCUT2D eigenvalue weighted by molar-refractivity contribution is 6.18. The molecule has 1 rings (SSSR count). The van der Waals surface area contributed by atoms with Gasteiger partial charge in [-0.3, -0.25) is 4.79 Å². The van der Waals surface area contributed by atoms with Crippen molar-refractivity contribution in [2.75, 3.05) is 17.3 Å². The number of aliphatic hydroxyl groups excluding tert-OH is 2. The van der Waals surface area contributed by atoms with Gasteiger partial charge in [0, 0.05) is 18.1 Å². The second kappa shape index (κ2) is 8.60. The molecule has 0 bridgehead atoms.